The number of amides is 1. The first-order valence-electron chi connectivity index (χ1n) is 11.2. The molecular weight excluding hydrogens is 454 g/mol. The molecular formula is C27H24ClNO5. The molecule has 0 radical (unpaired) electrons. The van der Waals surface area contributed by atoms with Gasteiger partial charge in [-0.2, -0.15) is 0 Å². The monoisotopic (exact) mass is 477 g/mol. The maximum absolute atomic E-state index is 13.6. The van der Waals surface area contributed by atoms with E-state index >= 15 is 0 Å². The van der Waals surface area contributed by atoms with Crippen molar-refractivity contribution in [3.05, 3.63) is 98.8 Å². The van der Waals surface area contributed by atoms with Gasteiger partial charge in [0.25, 0.3) is 5.91 Å². The molecule has 0 bridgehead atoms. The number of fused-ring (bicyclic) bond motifs is 2. The highest BCUT2D eigenvalue weighted by atomic mass is 35.5. The normalized spacial score (nSPS) is 15.4. The molecule has 5 rings (SSSR count). The fraction of sp³-hybridized carbons (Fsp3) is 0.259. The van der Waals surface area contributed by atoms with Crippen molar-refractivity contribution in [3.63, 3.8) is 0 Å². The summed E-state index contributed by atoms with van der Waals surface area (Å²) in [6.45, 7) is 5.06. The first-order chi connectivity index (χ1) is 16.4. The van der Waals surface area contributed by atoms with E-state index in [0.29, 0.717) is 45.6 Å². The summed E-state index contributed by atoms with van der Waals surface area (Å²) in [6, 6.07) is 15.2. The maximum Gasteiger partial charge on any atom is 0.291 e. The Kier molecular flexibility index (Phi) is 5.92. The van der Waals surface area contributed by atoms with Crippen LogP contribution in [-0.2, 0) is 6.54 Å². The standard InChI is InChI=1S/C27H24ClNO5/c1-16(2)10-12-33-19-6-3-5-17(13-19)24-23-25(30)21-14-18(28)8-9-22(21)34-26(23)27(31)29(24)15-20-7-4-11-32-20/h3-9,11,13-14,16,24H,10,12,15H2,1-2H3. The Bertz CT molecular complexity index is 1410. The molecule has 0 saturated heterocycles. The van der Waals surface area contributed by atoms with Crippen molar-refractivity contribution in [1.29, 1.82) is 0 Å². The Morgan fingerprint density at radius 2 is 1.94 bits per heavy atom. The van der Waals surface area contributed by atoms with Gasteiger partial charge < -0.3 is 18.5 Å². The molecule has 0 N–H and O–H groups in total. The number of hydrogen-bond donors (Lipinski definition) is 0. The van der Waals surface area contributed by atoms with Crippen molar-refractivity contribution in [2.24, 2.45) is 5.92 Å². The Morgan fingerprint density at radius 1 is 1.09 bits per heavy atom. The highest BCUT2D eigenvalue weighted by Crippen LogP contribution is 2.40. The van der Waals surface area contributed by atoms with E-state index in [9.17, 15) is 9.59 Å². The number of ether oxygens (including phenoxy) is 1. The van der Waals surface area contributed by atoms with Gasteiger partial charge >= 0.3 is 0 Å². The fourth-order valence-electron chi connectivity index (χ4n) is 4.26. The fourth-order valence-corrected chi connectivity index (χ4v) is 4.43. The highest BCUT2D eigenvalue weighted by molar-refractivity contribution is 6.31. The molecule has 1 aliphatic heterocycles. The van der Waals surface area contributed by atoms with Crippen LogP contribution < -0.4 is 10.2 Å². The van der Waals surface area contributed by atoms with E-state index in [2.05, 4.69) is 13.8 Å². The van der Waals surface area contributed by atoms with Crippen LogP contribution in [0.2, 0.25) is 5.02 Å². The van der Waals surface area contributed by atoms with E-state index in [1.165, 1.54) is 0 Å². The molecule has 4 aromatic rings. The van der Waals surface area contributed by atoms with Gasteiger partial charge in [0, 0.05) is 5.02 Å². The molecule has 6 nitrogen and oxygen atoms in total. The SMILES string of the molecule is CC(C)CCOc1cccc(C2c3c(oc4ccc(Cl)cc4c3=O)C(=O)N2Cc2ccco2)c1. The number of hydrogen-bond acceptors (Lipinski definition) is 5. The van der Waals surface area contributed by atoms with Crippen LogP contribution in [0.3, 0.4) is 0 Å². The van der Waals surface area contributed by atoms with Crippen LogP contribution in [0.5, 0.6) is 5.75 Å². The van der Waals surface area contributed by atoms with Gasteiger partial charge in [-0.1, -0.05) is 37.6 Å². The van der Waals surface area contributed by atoms with E-state index in [0.717, 1.165) is 12.0 Å². The van der Waals surface area contributed by atoms with Gasteiger partial charge in [0.1, 0.15) is 17.1 Å². The number of nitrogens with zero attached hydrogens (tertiary/aromatic N) is 1. The zero-order valence-corrected chi connectivity index (χ0v) is 19.7. The summed E-state index contributed by atoms with van der Waals surface area (Å²) in [5.41, 5.74) is 1.11. The van der Waals surface area contributed by atoms with Crippen molar-refractivity contribution in [2.45, 2.75) is 32.9 Å². The third-order valence-corrected chi connectivity index (χ3v) is 6.21. The average Bonchev–Trinajstić information content (AvgIpc) is 3.42. The van der Waals surface area contributed by atoms with Crippen molar-refractivity contribution >= 4 is 28.5 Å². The quantitative estimate of drug-likeness (QED) is 0.316. The zero-order chi connectivity index (χ0) is 23.8. The second kappa shape index (κ2) is 9.03. The third-order valence-electron chi connectivity index (χ3n) is 5.97. The lowest BCUT2D eigenvalue weighted by molar-refractivity contribution is 0.0701. The largest absolute Gasteiger partial charge is 0.494 e. The molecule has 1 aliphatic rings. The Hall–Kier alpha value is -3.51. The Labute approximate surface area is 201 Å². The summed E-state index contributed by atoms with van der Waals surface area (Å²) in [7, 11) is 0. The zero-order valence-electron chi connectivity index (χ0n) is 18.9. The van der Waals surface area contributed by atoms with Gasteiger partial charge in [0.15, 0.2) is 5.43 Å². The van der Waals surface area contributed by atoms with Gasteiger partial charge in [-0.15, -0.1) is 0 Å². The van der Waals surface area contributed by atoms with E-state index in [1.54, 1.807) is 41.5 Å². The van der Waals surface area contributed by atoms with Crippen LogP contribution in [-0.4, -0.2) is 17.4 Å². The molecule has 34 heavy (non-hydrogen) atoms. The van der Waals surface area contributed by atoms with Crippen LogP contribution in [0.4, 0.5) is 0 Å². The minimum atomic E-state index is -0.652. The lowest BCUT2D eigenvalue weighted by Gasteiger charge is -2.24. The minimum Gasteiger partial charge on any atom is -0.494 e. The molecule has 0 spiro atoms. The van der Waals surface area contributed by atoms with Crippen LogP contribution in [0.15, 0.2) is 74.5 Å². The molecule has 1 atom stereocenters. The average molecular weight is 478 g/mol. The number of carbonyl (C=O) groups excluding carboxylic acids is 1. The molecule has 0 saturated carbocycles. The number of benzene rings is 2. The molecule has 1 unspecified atom stereocenters. The highest BCUT2D eigenvalue weighted by Gasteiger charge is 2.43. The summed E-state index contributed by atoms with van der Waals surface area (Å²) in [4.78, 5) is 28.7. The number of carbonyl (C=O) groups is 1. The summed E-state index contributed by atoms with van der Waals surface area (Å²) < 4.78 is 17.4. The minimum absolute atomic E-state index is 0.0440. The van der Waals surface area contributed by atoms with Crippen molar-refractivity contribution < 1.29 is 18.4 Å². The molecule has 2 aromatic carbocycles. The summed E-state index contributed by atoms with van der Waals surface area (Å²) >= 11 is 6.15. The predicted molar refractivity (Wildman–Crippen MR) is 129 cm³/mol. The summed E-state index contributed by atoms with van der Waals surface area (Å²) in [5, 5.41) is 0.766. The Morgan fingerprint density at radius 3 is 2.71 bits per heavy atom. The second-order valence-electron chi connectivity index (χ2n) is 8.83. The van der Waals surface area contributed by atoms with Gasteiger partial charge in [-0.25, -0.2) is 0 Å². The molecule has 174 valence electrons. The molecule has 0 aliphatic carbocycles. The van der Waals surface area contributed by atoms with Gasteiger partial charge in [-0.05, 0) is 60.4 Å². The number of rotatable bonds is 7. The van der Waals surface area contributed by atoms with Crippen LogP contribution in [0.25, 0.3) is 11.0 Å². The molecule has 7 heteroatoms. The van der Waals surface area contributed by atoms with E-state index in [-0.39, 0.29) is 23.6 Å². The smallest absolute Gasteiger partial charge is 0.291 e. The van der Waals surface area contributed by atoms with Crippen molar-refractivity contribution in [2.75, 3.05) is 6.61 Å². The van der Waals surface area contributed by atoms with E-state index in [4.69, 9.17) is 25.2 Å². The molecule has 2 aromatic heterocycles. The first kappa shape index (κ1) is 22.3. The van der Waals surface area contributed by atoms with E-state index in [1.807, 2.05) is 24.3 Å². The van der Waals surface area contributed by atoms with Gasteiger partial charge in [-0.3, -0.25) is 9.59 Å². The van der Waals surface area contributed by atoms with E-state index < -0.39 is 6.04 Å². The van der Waals surface area contributed by atoms with Crippen molar-refractivity contribution in [3.8, 4) is 5.75 Å². The van der Waals surface area contributed by atoms with Gasteiger partial charge in [0.2, 0.25) is 5.76 Å². The Balaban J connectivity index is 1.63. The van der Waals surface area contributed by atoms with Crippen LogP contribution in [0, 0.1) is 5.92 Å². The summed E-state index contributed by atoms with van der Waals surface area (Å²) in [5.74, 6) is 1.50. The second-order valence-corrected chi connectivity index (χ2v) is 9.27. The maximum atomic E-state index is 13.6. The topological polar surface area (TPSA) is 72.9 Å². The lowest BCUT2D eigenvalue weighted by atomic mass is 9.98. The summed E-state index contributed by atoms with van der Waals surface area (Å²) in [6.07, 6.45) is 2.48. The lowest BCUT2D eigenvalue weighted by Crippen LogP contribution is -2.29. The number of halogens is 1. The third kappa shape index (κ3) is 4.10. The predicted octanol–water partition coefficient (Wildman–Crippen LogP) is 6.21. The van der Waals surface area contributed by atoms with Crippen molar-refractivity contribution in [1.82, 2.24) is 4.90 Å². The molecule has 1 amide bonds. The molecule has 3 heterocycles. The van der Waals surface area contributed by atoms with Crippen LogP contribution in [0.1, 0.15) is 53.8 Å². The van der Waals surface area contributed by atoms with Crippen LogP contribution >= 0.6 is 11.6 Å². The first-order valence-corrected chi connectivity index (χ1v) is 11.6. The molecule has 0 fully saturated rings. The van der Waals surface area contributed by atoms with Gasteiger partial charge in [0.05, 0.1) is 36.4 Å². The number of furan rings is 1.